The molecule has 0 spiro atoms. The molecule has 1 N–H and O–H groups in total. The smallest absolute Gasteiger partial charge is 0.424 e. The number of aromatic nitrogens is 2. The fraction of sp³-hybridized carbons (Fsp3) is 0.476. The van der Waals surface area contributed by atoms with Gasteiger partial charge in [0.2, 0.25) is 0 Å². The third-order valence-electron chi connectivity index (χ3n) is 5.71. The molecule has 2 aliphatic heterocycles. The molecule has 2 fully saturated rings. The van der Waals surface area contributed by atoms with Crippen LogP contribution in [-0.4, -0.2) is 53.2 Å². The van der Waals surface area contributed by atoms with Gasteiger partial charge in [-0.05, 0) is 24.6 Å². The monoisotopic (exact) mass is 602 g/mol. The molecule has 1 aromatic carbocycles. The predicted octanol–water partition coefficient (Wildman–Crippen LogP) is 4.16. The molecule has 1 aromatic heterocycles. The van der Waals surface area contributed by atoms with Gasteiger partial charge in [-0.2, -0.15) is 0 Å². The van der Waals surface area contributed by atoms with E-state index in [9.17, 15) is 32.1 Å². The first-order valence-corrected chi connectivity index (χ1v) is 13.0. The molecule has 0 amide bonds. The number of phosphoric acid groups is 1. The van der Waals surface area contributed by atoms with Gasteiger partial charge in [0.25, 0.3) is 5.56 Å². The summed E-state index contributed by atoms with van der Waals surface area (Å²) < 4.78 is 96.3. The van der Waals surface area contributed by atoms with Crippen molar-refractivity contribution < 1.29 is 54.7 Å². The SMILES string of the molecule is C[C@@]1(F)[C@H](OC(=O)OC(F)(F)F)[C@@H](CO[P@@]2(=O)OCC[C@@H](c3cccc(Cl)c3)O2)O[C@H]1n1ccc(=O)[nH]c1=O. The van der Waals surface area contributed by atoms with Crippen LogP contribution in [0.15, 0.2) is 46.1 Å². The van der Waals surface area contributed by atoms with E-state index < -0.39 is 68.4 Å². The molecule has 4 rings (SSSR count). The van der Waals surface area contributed by atoms with Gasteiger partial charge >= 0.3 is 26.0 Å². The van der Waals surface area contributed by atoms with Crippen LogP contribution in [0.5, 0.6) is 0 Å². The Labute approximate surface area is 221 Å². The number of carbonyl (C=O) groups is 1. The van der Waals surface area contributed by atoms with Crippen LogP contribution in [0.1, 0.15) is 31.2 Å². The largest absolute Gasteiger partial charge is 0.577 e. The van der Waals surface area contributed by atoms with E-state index in [1.807, 2.05) is 4.98 Å². The molecule has 3 heterocycles. The summed E-state index contributed by atoms with van der Waals surface area (Å²) in [6.07, 6.45) is -13.3. The van der Waals surface area contributed by atoms with E-state index in [2.05, 4.69) is 9.47 Å². The highest BCUT2D eigenvalue weighted by atomic mass is 35.5. The minimum atomic E-state index is -5.45. The van der Waals surface area contributed by atoms with Crippen molar-refractivity contribution >= 4 is 25.6 Å². The van der Waals surface area contributed by atoms with E-state index in [1.54, 1.807) is 24.3 Å². The molecular formula is C21H20ClF4N2O10P. The highest BCUT2D eigenvalue weighted by Crippen LogP contribution is 2.57. The Morgan fingerprint density at radius 2 is 2.05 bits per heavy atom. The molecular weight excluding hydrogens is 583 g/mol. The van der Waals surface area contributed by atoms with Gasteiger partial charge in [-0.15, -0.1) is 13.2 Å². The van der Waals surface area contributed by atoms with Crippen molar-refractivity contribution in [2.24, 2.45) is 0 Å². The number of aromatic amines is 1. The lowest BCUT2D eigenvalue weighted by atomic mass is 9.98. The van der Waals surface area contributed by atoms with Crippen LogP contribution in [0.2, 0.25) is 5.02 Å². The van der Waals surface area contributed by atoms with Gasteiger partial charge in [0.1, 0.15) is 6.10 Å². The molecule has 0 radical (unpaired) electrons. The van der Waals surface area contributed by atoms with Crippen molar-refractivity contribution in [3.8, 4) is 0 Å². The first kappa shape index (κ1) is 29.2. The van der Waals surface area contributed by atoms with Crippen LogP contribution in [-0.2, 0) is 32.3 Å². The molecule has 18 heteroatoms. The van der Waals surface area contributed by atoms with Crippen LogP contribution in [0.3, 0.4) is 0 Å². The second kappa shape index (κ2) is 11.0. The van der Waals surface area contributed by atoms with Crippen molar-refractivity contribution in [2.45, 2.75) is 49.9 Å². The molecule has 0 aliphatic carbocycles. The second-order valence-electron chi connectivity index (χ2n) is 8.55. The number of carbonyl (C=O) groups excluding carboxylic acids is 1. The molecule has 6 atom stereocenters. The summed E-state index contributed by atoms with van der Waals surface area (Å²) in [6, 6.07) is 7.33. The molecule has 214 valence electrons. The minimum absolute atomic E-state index is 0.0892. The quantitative estimate of drug-likeness (QED) is 0.291. The zero-order valence-corrected chi connectivity index (χ0v) is 21.4. The molecule has 0 saturated carbocycles. The summed E-state index contributed by atoms with van der Waals surface area (Å²) in [5, 5.41) is 0.384. The maximum atomic E-state index is 15.9. The summed E-state index contributed by atoms with van der Waals surface area (Å²) in [6.45, 7) is -0.211. The van der Waals surface area contributed by atoms with Crippen molar-refractivity contribution in [3.63, 3.8) is 0 Å². The highest BCUT2D eigenvalue weighted by Gasteiger charge is 2.59. The van der Waals surface area contributed by atoms with Crippen molar-refractivity contribution in [1.82, 2.24) is 9.55 Å². The van der Waals surface area contributed by atoms with E-state index in [0.717, 1.165) is 19.2 Å². The van der Waals surface area contributed by atoms with Crippen LogP contribution in [0, 0.1) is 0 Å². The first-order valence-electron chi connectivity index (χ1n) is 11.1. The summed E-state index contributed by atoms with van der Waals surface area (Å²) >= 11 is 5.99. The van der Waals surface area contributed by atoms with Crippen LogP contribution < -0.4 is 11.2 Å². The van der Waals surface area contributed by atoms with E-state index in [1.165, 1.54) is 0 Å². The fourth-order valence-electron chi connectivity index (χ4n) is 4.04. The van der Waals surface area contributed by atoms with Gasteiger partial charge < -0.3 is 14.2 Å². The number of ether oxygens (including phenoxy) is 3. The lowest BCUT2D eigenvalue weighted by Crippen LogP contribution is -2.46. The second-order valence-corrected chi connectivity index (χ2v) is 10.6. The maximum Gasteiger partial charge on any atom is 0.577 e. The number of halogens is 5. The number of benzene rings is 1. The van der Waals surface area contributed by atoms with Gasteiger partial charge in [-0.3, -0.25) is 27.9 Å². The van der Waals surface area contributed by atoms with Crippen molar-refractivity contribution in [1.29, 1.82) is 0 Å². The van der Waals surface area contributed by atoms with Gasteiger partial charge in [-0.25, -0.2) is 18.5 Å². The summed E-state index contributed by atoms with van der Waals surface area (Å²) in [5.74, 6) is 0. The number of nitrogens with one attached hydrogen (secondary N) is 1. The zero-order valence-electron chi connectivity index (χ0n) is 19.8. The van der Waals surface area contributed by atoms with Crippen LogP contribution in [0.25, 0.3) is 0 Å². The lowest BCUT2D eigenvalue weighted by molar-refractivity contribution is -0.301. The zero-order chi connectivity index (χ0) is 28.6. The Morgan fingerprint density at radius 3 is 2.72 bits per heavy atom. The molecule has 2 aromatic rings. The third kappa shape index (κ3) is 6.88. The summed E-state index contributed by atoms with van der Waals surface area (Å²) in [5.41, 5.74) is -4.30. The molecule has 0 unspecified atom stereocenters. The topological polar surface area (TPSA) is 144 Å². The normalized spacial score (nSPS) is 31.1. The Hall–Kier alpha value is -2.75. The predicted molar refractivity (Wildman–Crippen MR) is 122 cm³/mol. The number of nitrogens with zero attached hydrogens (tertiary/aromatic N) is 1. The van der Waals surface area contributed by atoms with E-state index in [-0.39, 0.29) is 13.0 Å². The number of H-pyrrole nitrogens is 1. The standard InChI is InChI=1S/C21H20ClF4N2O10P/c1-20(23)16(36-19(31)37-21(24,25)26)14(35-17(20)28-7-5-15(29)27-18(28)30)10-34-39(32)33-8-6-13(38-39)11-3-2-4-12(22)9-11/h2-5,7,9,13-14,16-17H,6,8,10H2,1H3,(H,27,29,30)/t13-,14+,16+,17+,20+,39+/m0/s1. The number of rotatable bonds is 6. The van der Waals surface area contributed by atoms with Gasteiger partial charge in [0, 0.05) is 23.7 Å². The Kier molecular flexibility index (Phi) is 8.26. The molecule has 39 heavy (non-hydrogen) atoms. The van der Waals surface area contributed by atoms with Gasteiger partial charge in [-0.1, -0.05) is 23.7 Å². The van der Waals surface area contributed by atoms with Crippen LogP contribution >= 0.6 is 19.4 Å². The van der Waals surface area contributed by atoms with Gasteiger partial charge in [0.05, 0.1) is 19.3 Å². The fourth-order valence-corrected chi connectivity index (χ4v) is 5.63. The minimum Gasteiger partial charge on any atom is -0.424 e. The van der Waals surface area contributed by atoms with E-state index in [4.69, 9.17) is 29.9 Å². The van der Waals surface area contributed by atoms with Crippen LogP contribution in [0.4, 0.5) is 22.4 Å². The summed E-state index contributed by atoms with van der Waals surface area (Å²) in [7, 11) is -4.36. The van der Waals surface area contributed by atoms with Crippen molar-refractivity contribution in [2.75, 3.05) is 13.2 Å². The highest BCUT2D eigenvalue weighted by molar-refractivity contribution is 7.48. The molecule has 0 bridgehead atoms. The maximum absolute atomic E-state index is 15.9. The Morgan fingerprint density at radius 1 is 1.31 bits per heavy atom. The van der Waals surface area contributed by atoms with E-state index >= 15 is 4.39 Å². The van der Waals surface area contributed by atoms with Gasteiger partial charge in [0.15, 0.2) is 18.0 Å². The number of alkyl halides is 4. The average Bonchev–Trinajstić information content (AvgIpc) is 3.06. The third-order valence-corrected chi connectivity index (χ3v) is 7.42. The van der Waals surface area contributed by atoms with E-state index in [0.29, 0.717) is 15.2 Å². The number of hydrogen-bond donors (Lipinski definition) is 1. The Balaban J connectivity index is 1.56. The first-order chi connectivity index (χ1) is 18.2. The summed E-state index contributed by atoms with van der Waals surface area (Å²) in [4.78, 5) is 37.3. The lowest BCUT2D eigenvalue weighted by Gasteiger charge is -2.30. The molecule has 2 saturated heterocycles. The number of phosphoric ester groups is 1. The average molecular weight is 603 g/mol. The Bertz CT molecular complexity index is 1380. The van der Waals surface area contributed by atoms with Crippen molar-refractivity contribution in [3.05, 3.63) is 68.0 Å². The molecule has 12 nitrogen and oxygen atoms in total. The molecule has 2 aliphatic rings. The number of hydrogen-bond acceptors (Lipinski definition) is 10.